The summed E-state index contributed by atoms with van der Waals surface area (Å²) in [7, 11) is 0. The molecule has 0 saturated carbocycles. The lowest BCUT2D eigenvalue weighted by molar-refractivity contribution is -0.128. The number of rotatable bonds is 3. The fourth-order valence-electron chi connectivity index (χ4n) is 3.09. The number of nitrogens with zero attached hydrogens (tertiary/aromatic N) is 1. The average Bonchev–Trinajstić information content (AvgIpc) is 3.16. The molecule has 0 radical (unpaired) electrons. The minimum Gasteiger partial charge on any atom is -0.493 e. The fraction of sp³-hybridized carbons (Fsp3) is 0.278. The van der Waals surface area contributed by atoms with Crippen molar-refractivity contribution >= 4 is 17.7 Å². The summed E-state index contributed by atoms with van der Waals surface area (Å²) in [6.45, 7) is 0.816. The van der Waals surface area contributed by atoms with E-state index in [1.54, 1.807) is 4.90 Å². The molecule has 24 heavy (non-hydrogen) atoms. The van der Waals surface area contributed by atoms with Crippen molar-refractivity contribution in [2.24, 2.45) is 0 Å². The second-order valence-electron chi connectivity index (χ2n) is 5.89. The van der Waals surface area contributed by atoms with Gasteiger partial charge in [-0.3, -0.25) is 4.79 Å². The lowest BCUT2D eigenvalue weighted by Gasteiger charge is -2.25. The van der Waals surface area contributed by atoms with E-state index in [1.165, 1.54) is 23.9 Å². The third kappa shape index (κ3) is 2.75. The van der Waals surface area contributed by atoms with E-state index in [-0.39, 0.29) is 17.8 Å². The summed E-state index contributed by atoms with van der Waals surface area (Å²) >= 11 is 1.52. The molecule has 124 valence electrons. The van der Waals surface area contributed by atoms with Crippen molar-refractivity contribution < 1.29 is 18.3 Å². The molecule has 0 aliphatic carbocycles. The predicted molar refractivity (Wildman–Crippen MR) is 87.7 cm³/mol. The first-order valence-corrected chi connectivity index (χ1v) is 8.77. The Balaban J connectivity index is 1.62. The van der Waals surface area contributed by atoms with Crippen LogP contribution in [0.15, 0.2) is 36.4 Å². The van der Waals surface area contributed by atoms with Crippen molar-refractivity contribution in [3.05, 3.63) is 64.7 Å². The zero-order valence-electron chi connectivity index (χ0n) is 12.8. The van der Waals surface area contributed by atoms with Gasteiger partial charge in [0.25, 0.3) is 0 Å². The van der Waals surface area contributed by atoms with Crippen molar-refractivity contribution in [1.29, 1.82) is 0 Å². The average molecular weight is 347 g/mol. The Labute approximate surface area is 142 Å². The molecule has 4 rings (SSSR count). The molecular weight excluding hydrogens is 332 g/mol. The molecule has 1 saturated heterocycles. The quantitative estimate of drug-likeness (QED) is 0.848. The van der Waals surface area contributed by atoms with Crippen LogP contribution in [0.1, 0.15) is 22.1 Å². The number of thioether (sulfide) groups is 1. The highest BCUT2D eigenvalue weighted by Crippen LogP contribution is 2.41. The first-order valence-electron chi connectivity index (χ1n) is 7.72. The van der Waals surface area contributed by atoms with Gasteiger partial charge in [0.15, 0.2) is 0 Å². The van der Waals surface area contributed by atoms with Gasteiger partial charge in [-0.05, 0) is 29.3 Å². The maximum Gasteiger partial charge on any atom is 0.234 e. The van der Waals surface area contributed by atoms with Gasteiger partial charge in [0.2, 0.25) is 5.91 Å². The molecule has 2 aromatic rings. The normalized spacial score (nSPS) is 19.5. The number of carbonyl (C=O) groups excluding carboxylic acids is 1. The van der Waals surface area contributed by atoms with Crippen LogP contribution < -0.4 is 4.74 Å². The number of carbonyl (C=O) groups is 1. The highest BCUT2D eigenvalue weighted by Gasteiger charge is 2.34. The summed E-state index contributed by atoms with van der Waals surface area (Å²) in [6.07, 6.45) is 0.862. The molecule has 1 fully saturated rings. The Morgan fingerprint density at radius 1 is 1.21 bits per heavy atom. The lowest BCUT2D eigenvalue weighted by Crippen LogP contribution is -2.28. The monoisotopic (exact) mass is 347 g/mol. The summed E-state index contributed by atoms with van der Waals surface area (Å²) < 4.78 is 32.5. The van der Waals surface area contributed by atoms with Gasteiger partial charge in [-0.25, -0.2) is 8.78 Å². The van der Waals surface area contributed by atoms with Crippen molar-refractivity contribution in [2.45, 2.75) is 18.3 Å². The molecule has 0 spiro atoms. The molecule has 2 aromatic carbocycles. The van der Waals surface area contributed by atoms with E-state index in [2.05, 4.69) is 6.07 Å². The Bertz CT molecular complexity index is 812. The maximum atomic E-state index is 13.9. The van der Waals surface area contributed by atoms with E-state index in [0.717, 1.165) is 29.4 Å². The first-order chi connectivity index (χ1) is 11.6. The molecular formula is C18H15F2NO2S. The van der Waals surface area contributed by atoms with Crippen molar-refractivity contribution in [3.63, 3.8) is 0 Å². The third-order valence-corrected chi connectivity index (χ3v) is 5.58. The number of fused-ring (bicyclic) bond motifs is 1. The number of halogens is 2. The van der Waals surface area contributed by atoms with E-state index in [1.807, 2.05) is 12.1 Å². The van der Waals surface area contributed by atoms with Crippen LogP contribution in [0, 0.1) is 11.6 Å². The van der Waals surface area contributed by atoms with Crippen molar-refractivity contribution in [3.8, 4) is 5.75 Å². The van der Waals surface area contributed by atoms with Gasteiger partial charge in [0.05, 0.1) is 12.4 Å². The molecule has 0 bridgehead atoms. The van der Waals surface area contributed by atoms with Gasteiger partial charge in [0.1, 0.15) is 22.8 Å². The SMILES string of the molecule is O=C1CSC(c2ccc3c(c2)CCO3)N1Cc1ccc(F)cc1F. The summed E-state index contributed by atoms with van der Waals surface area (Å²) in [5.41, 5.74) is 2.47. The van der Waals surface area contributed by atoms with Gasteiger partial charge in [-0.15, -0.1) is 11.8 Å². The van der Waals surface area contributed by atoms with E-state index in [9.17, 15) is 13.6 Å². The fourth-order valence-corrected chi connectivity index (χ4v) is 4.27. The minimum atomic E-state index is -0.624. The molecule has 2 aliphatic rings. The Morgan fingerprint density at radius 3 is 2.92 bits per heavy atom. The highest BCUT2D eigenvalue weighted by molar-refractivity contribution is 8.00. The van der Waals surface area contributed by atoms with Gasteiger partial charge >= 0.3 is 0 Å². The standard InChI is InChI=1S/C18H15F2NO2S/c19-14-3-1-13(15(20)8-14)9-21-17(22)10-24-18(21)12-2-4-16-11(7-12)5-6-23-16/h1-4,7-8,18H,5-6,9-10H2. The predicted octanol–water partition coefficient (Wildman–Crippen LogP) is 3.67. The summed E-state index contributed by atoms with van der Waals surface area (Å²) in [6, 6.07) is 9.41. The second kappa shape index (κ2) is 6.09. The van der Waals surface area contributed by atoms with Crippen molar-refractivity contribution in [2.75, 3.05) is 12.4 Å². The summed E-state index contributed by atoms with van der Waals surface area (Å²) in [5.74, 6) is -0.0230. The minimum absolute atomic E-state index is 0.0366. The van der Waals surface area contributed by atoms with Crippen molar-refractivity contribution in [1.82, 2.24) is 4.90 Å². The highest BCUT2D eigenvalue weighted by atomic mass is 32.2. The van der Waals surface area contributed by atoms with E-state index < -0.39 is 11.6 Å². The van der Waals surface area contributed by atoms with E-state index >= 15 is 0 Å². The Morgan fingerprint density at radius 2 is 2.08 bits per heavy atom. The van der Waals surface area contributed by atoms with E-state index in [4.69, 9.17) is 4.74 Å². The van der Waals surface area contributed by atoms with Crippen LogP contribution >= 0.6 is 11.8 Å². The molecule has 0 aromatic heterocycles. The number of ether oxygens (including phenoxy) is 1. The maximum absolute atomic E-state index is 13.9. The van der Waals surface area contributed by atoms with Crippen LogP contribution in [-0.4, -0.2) is 23.2 Å². The van der Waals surface area contributed by atoms with Crippen LogP contribution in [0.5, 0.6) is 5.75 Å². The molecule has 1 amide bonds. The summed E-state index contributed by atoms with van der Waals surface area (Å²) in [5, 5.41) is -0.159. The van der Waals surface area contributed by atoms with Crippen LogP contribution in [0.25, 0.3) is 0 Å². The topological polar surface area (TPSA) is 29.5 Å². The lowest BCUT2D eigenvalue weighted by atomic mass is 10.1. The zero-order chi connectivity index (χ0) is 16.7. The zero-order valence-corrected chi connectivity index (χ0v) is 13.6. The van der Waals surface area contributed by atoms with E-state index in [0.29, 0.717) is 17.9 Å². The molecule has 0 N–H and O–H groups in total. The number of hydrogen-bond acceptors (Lipinski definition) is 3. The van der Waals surface area contributed by atoms with Crippen LogP contribution in [0.2, 0.25) is 0 Å². The van der Waals surface area contributed by atoms with Gasteiger partial charge in [-0.2, -0.15) is 0 Å². The molecule has 3 nitrogen and oxygen atoms in total. The third-order valence-electron chi connectivity index (χ3n) is 4.32. The van der Waals surface area contributed by atoms with Crippen LogP contribution in [0.3, 0.4) is 0 Å². The second-order valence-corrected chi connectivity index (χ2v) is 6.95. The molecule has 2 aliphatic heterocycles. The van der Waals surface area contributed by atoms with Crippen LogP contribution in [-0.2, 0) is 17.8 Å². The number of benzene rings is 2. The molecule has 2 heterocycles. The Kier molecular flexibility index (Phi) is 3.92. The van der Waals surface area contributed by atoms with Gasteiger partial charge < -0.3 is 9.64 Å². The first kappa shape index (κ1) is 15.4. The van der Waals surface area contributed by atoms with Gasteiger partial charge in [-0.1, -0.05) is 12.1 Å². The number of amides is 1. The molecule has 1 atom stereocenters. The number of hydrogen-bond donors (Lipinski definition) is 0. The Hall–Kier alpha value is -2.08. The molecule has 1 unspecified atom stereocenters. The summed E-state index contributed by atoms with van der Waals surface area (Å²) in [4.78, 5) is 13.9. The van der Waals surface area contributed by atoms with Gasteiger partial charge in [0, 0.05) is 24.6 Å². The molecule has 6 heteroatoms. The largest absolute Gasteiger partial charge is 0.493 e. The van der Waals surface area contributed by atoms with Crippen LogP contribution in [0.4, 0.5) is 8.78 Å². The smallest absolute Gasteiger partial charge is 0.234 e.